The van der Waals surface area contributed by atoms with E-state index in [1.54, 1.807) is 6.20 Å². The number of aromatic amines is 1. The van der Waals surface area contributed by atoms with Gasteiger partial charge in [0.05, 0.1) is 34.1 Å². The summed E-state index contributed by atoms with van der Waals surface area (Å²) in [5, 5.41) is 12.0. The summed E-state index contributed by atoms with van der Waals surface area (Å²) in [6.07, 6.45) is 6.30. The second kappa shape index (κ2) is 8.02. The number of rotatable bonds is 5. The second-order valence-corrected chi connectivity index (χ2v) is 8.73. The second-order valence-electron chi connectivity index (χ2n) is 7.31. The van der Waals surface area contributed by atoms with Crippen LogP contribution in [0.3, 0.4) is 0 Å². The molecule has 9 heteroatoms. The Labute approximate surface area is 182 Å². The zero-order valence-corrected chi connectivity index (χ0v) is 18.0. The Kier molecular flexibility index (Phi) is 5.22. The molecule has 4 aromatic rings. The summed E-state index contributed by atoms with van der Waals surface area (Å²) in [6, 6.07) is 5.85. The number of aliphatic hydroxyl groups is 1. The van der Waals surface area contributed by atoms with Gasteiger partial charge >= 0.3 is 0 Å². The van der Waals surface area contributed by atoms with Crippen LogP contribution in [0.25, 0.3) is 22.1 Å². The van der Waals surface area contributed by atoms with E-state index in [9.17, 15) is 5.11 Å². The molecule has 0 radical (unpaired) electrons. The van der Waals surface area contributed by atoms with Crippen molar-refractivity contribution in [1.82, 2.24) is 24.9 Å². The van der Waals surface area contributed by atoms with Crippen molar-refractivity contribution in [3.63, 3.8) is 0 Å². The van der Waals surface area contributed by atoms with Crippen molar-refractivity contribution in [1.29, 1.82) is 0 Å². The van der Waals surface area contributed by atoms with Crippen LogP contribution in [0.4, 0.5) is 5.82 Å². The zero-order chi connectivity index (χ0) is 20.7. The highest BCUT2D eigenvalue weighted by molar-refractivity contribution is 7.99. The van der Waals surface area contributed by atoms with Gasteiger partial charge in [0.25, 0.3) is 0 Å². The average molecular weight is 441 g/mol. The maximum atomic E-state index is 9.85. The van der Waals surface area contributed by atoms with Crippen molar-refractivity contribution in [2.75, 3.05) is 18.1 Å². The van der Waals surface area contributed by atoms with Crippen molar-refractivity contribution in [3.05, 3.63) is 41.3 Å². The van der Waals surface area contributed by atoms with E-state index in [0.29, 0.717) is 10.2 Å². The molecule has 5 heterocycles. The maximum Gasteiger partial charge on any atom is 0.196 e. The van der Waals surface area contributed by atoms with Gasteiger partial charge in [-0.2, -0.15) is 0 Å². The first-order chi connectivity index (χ1) is 14.7. The molecule has 0 spiro atoms. The molecule has 1 fully saturated rings. The van der Waals surface area contributed by atoms with Crippen LogP contribution in [0.15, 0.2) is 40.6 Å². The minimum absolute atomic E-state index is 0.0449. The SMILES string of the molecule is CCc1[nH]c2nc(Sc3cnc4cccnc4c3)nc(N3CCC[C@@H]3CO)c2c1Cl. The smallest absolute Gasteiger partial charge is 0.196 e. The standard InChI is InChI=1S/C21H21ClN6OS/c1-2-14-18(22)17-19(25-14)26-21(27-20(17)28-8-4-5-12(28)11-29)30-13-9-16-15(24-10-13)6-3-7-23-16/h3,6-7,9-10,12,29H,2,4-5,8,11H2,1H3,(H,25,26,27)/t12-/m1/s1. The van der Waals surface area contributed by atoms with Gasteiger partial charge in [0.1, 0.15) is 11.5 Å². The first kappa shape index (κ1) is 19.5. The summed E-state index contributed by atoms with van der Waals surface area (Å²) < 4.78 is 0. The summed E-state index contributed by atoms with van der Waals surface area (Å²) in [6.45, 7) is 2.99. The summed E-state index contributed by atoms with van der Waals surface area (Å²) in [5.41, 5.74) is 3.35. The molecule has 7 nitrogen and oxygen atoms in total. The molecule has 0 aromatic carbocycles. The fraction of sp³-hybridized carbons (Fsp3) is 0.333. The Morgan fingerprint density at radius 1 is 1.30 bits per heavy atom. The van der Waals surface area contributed by atoms with E-state index in [0.717, 1.165) is 64.3 Å². The van der Waals surface area contributed by atoms with Crippen LogP contribution >= 0.6 is 23.4 Å². The molecule has 5 rings (SSSR count). The van der Waals surface area contributed by atoms with Gasteiger partial charge in [-0.3, -0.25) is 9.97 Å². The predicted molar refractivity (Wildman–Crippen MR) is 119 cm³/mol. The van der Waals surface area contributed by atoms with E-state index in [1.807, 2.05) is 24.4 Å². The van der Waals surface area contributed by atoms with Gasteiger partial charge in [-0.05, 0) is 49.2 Å². The lowest BCUT2D eigenvalue weighted by Gasteiger charge is -2.25. The summed E-state index contributed by atoms with van der Waals surface area (Å²) >= 11 is 8.13. The summed E-state index contributed by atoms with van der Waals surface area (Å²) in [5.74, 6) is 0.784. The van der Waals surface area contributed by atoms with Crippen LogP contribution in [-0.2, 0) is 6.42 Å². The number of aliphatic hydroxyl groups excluding tert-OH is 1. The molecule has 1 aliphatic rings. The van der Waals surface area contributed by atoms with Gasteiger partial charge < -0.3 is 15.0 Å². The molecule has 154 valence electrons. The number of nitrogens with zero attached hydrogens (tertiary/aromatic N) is 5. The number of hydrogen-bond donors (Lipinski definition) is 2. The lowest BCUT2D eigenvalue weighted by Crippen LogP contribution is -2.33. The molecule has 0 aliphatic carbocycles. The van der Waals surface area contributed by atoms with Crippen LogP contribution in [0.1, 0.15) is 25.5 Å². The van der Waals surface area contributed by atoms with E-state index >= 15 is 0 Å². The third-order valence-electron chi connectivity index (χ3n) is 5.47. The van der Waals surface area contributed by atoms with Crippen molar-refractivity contribution in [3.8, 4) is 0 Å². The normalized spacial score (nSPS) is 16.8. The Balaban J connectivity index is 1.61. The molecule has 0 bridgehead atoms. The first-order valence-corrected chi connectivity index (χ1v) is 11.2. The molecule has 1 saturated heterocycles. The number of halogens is 1. The van der Waals surface area contributed by atoms with Crippen LogP contribution in [0, 0.1) is 0 Å². The van der Waals surface area contributed by atoms with E-state index in [1.165, 1.54) is 11.8 Å². The number of fused-ring (bicyclic) bond motifs is 2. The fourth-order valence-corrected chi connectivity index (χ4v) is 5.08. The average Bonchev–Trinajstić information content (AvgIpc) is 3.37. The zero-order valence-electron chi connectivity index (χ0n) is 16.5. The van der Waals surface area contributed by atoms with E-state index in [2.05, 4.69) is 26.8 Å². The highest BCUT2D eigenvalue weighted by Gasteiger charge is 2.29. The lowest BCUT2D eigenvalue weighted by atomic mass is 10.2. The quantitative estimate of drug-likeness (QED) is 0.449. The van der Waals surface area contributed by atoms with Crippen molar-refractivity contribution in [2.24, 2.45) is 0 Å². The van der Waals surface area contributed by atoms with Crippen molar-refractivity contribution < 1.29 is 5.11 Å². The molecule has 2 N–H and O–H groups in total. The highest BCUT2D eigenvalue weighted by atomic mass is 35.5. The number of anilines is 1. The van der Waals surface area contributed by atoms with Gasteiger partial charge in [-0.25, -0.2) is 9.97 Å². The minimum atomic E-state index is 0.0449. The minimum Gasteiger partial charge on any atom is -0.394 e. The molecular formula is C21H21ClN6OS. The molecule has 1 atom stereocenters. The largest absolute Gasteiger partial charge is 0.394 e. The Morgan fingerprint density at radius 2 is 2.20 bits per heavy atom. The third kappa shape index (κ3) is 3.38. The van der Waals surface area contributed by atoms with E-state index in [4.69, 9.17) is 21.6 Å². The monoisotopic (exact) mass is 440 g/mol. The maximum absolute atomic E-state index is 9.85. The molecule has 30 heavy (non-hydrogen) atoms. The van der Waals surface area contributed by atoms with Gasteiger partial charge in [0.15, 0.2) is 5.16 Å². The van der Waals surface area contributed by atoms with Crippen LogP contribution in [0.2, 0.25) is 5.02 Å². The molecule has 0 unspecified atom stereocenters. The van der Waals surface area contributed by atoms with E-state index in [-0.39, 0.29) is 12.6 Å². The Morgan fingerprint density at radius 3 is 3.03 bits per heavy atom. The van der Waals surface area contributed by atoms with E-state index < -0.39 is 0 Å². The highest BCUT2D eigenvalue weighted by Crippen LogP contribution is 2.38. The number of nitrogens with one attached hydrogen (secondary N) is 1. The molecule has 1 aliphatic heterocycles. The Hall–Kier alpha value is -2.42. The Bertz CT molecular complexity index is 1230. The van der Waals surface area contributed by atoms with Gasteiger partial charge in [-0.1, -0.05) is 18.5 Å². The fourth-order valence-electron chi connectivity index (χ4n) is 3.97. The number of aryl methyl sites for hydroxylation is 1. The molecule has 4 aromatic heterocycles. The lowest BCUT2D eigenvalue weighted by molar-refractivity contribution is 0.266. The van der Waals surface area contributed by atoms with Crippen LogP contribution in [-0.4, -0.2) is 49.2 Å². The molecule has 0 saturated carbocycles. The number of H-pyrrole nitrogens is 1. The third-order valence-corrected chi connectivity index (χ3v) is 6.71. The van der Waals surface area contributed by atoms with Crippen molar-refractivity contribution >= 4 is 51.2 Å². The van der Waals surface area contributed by atoms with Gasteiger partial charge in [-0.15, -0.1) is 0 Å². The predicted octanol–water partition coefficient (Wildman–Crippen LogP) is 4.23. The number of pyridine rings is 2. The topological polar surface area (TPSA) is 90.8 Å². The molecule has 0 amide bonds. The van der Waals surface area contributed by atoms with Gasteiger partial charge in [0, 0.05) is 29.5 Å². The number of hydrogen-bond acceptors (Lipinski definition) is 7. The summed E-state index contributed by atoms with van der Waals surface area (Å²) in [7, 11) is 0. The number of aromatic nitrogens is 5. The van der Waals surface area contributed by atoms with Crippen LogP contribution in [0.5, 0.6) is 0 Å². The van der Waals surface area contributed by atoms with Gasteiger partial charge in [0.2, 0.25) is 0 Å². The van der Waals surface area contributed by atoms with Crippen molar-refractivity contribution in [2.45, 2.75) is 42.3 Å². The van der Waals surface area contributed by atoms with Crippen LogP contribution < -0.4 is 4.90 Å². The first-order valence-electron chi connectivity index (χ1n) is 10.0. The summed E-state index contributed by atoms with van der Waals surface area (Å²) in [4.78, 5) is 24.9. The molecular weight excluding hydrogens is 420 g/mol.